The van der Waals surface area contributed by atoms with E-state index in [2.05, 4.69) is 18.7 Å². The van der Waals surface area contributed by atoms with Crippen LogP contribution in [0.15, 0.2) is 0 Å². The molecule has 1 amide bonds. The predicted octanol–water partition coefficient (Wildman–Crippen LogP) is 1.26. The third-order valence-corrected chi connectivity index (χ3v) is 3.70. The molecule has 0 aromatic rings. The van der Waals surface area contributed by atoms with Crippen molar-refractivity contribution in [2.75, 3.05) is 40.4 Å². The molecule has 0 rings (SSSR count). The lowest BCUT2D eigenvalue weighted by Crippen LogP contribution is -2.45. The molecular weight excluding hydrogens is 274 g/mol. The third kappa shape index (κ3) is 7.77. The summed E-state index contributed by atoms with van der Waals surface area (Å²) >= 11 is 4.84. The van der Waals surface area contributed by atoms with E-state index in [-0.39, 0.29) is 5.91 Å². The molecule has 0 bridgehead atoms. The van der Waals surface area contributed by atoms with Gasteiger partial charge in [0.05, 0.1) is 18.1 Å². The number of nitrogens with two attached hydrogens (primary N) is 1. The highest BCUT2D eigenvalue weighted by Gasteiger charge is 2.20. The van der Waals surface area contributed by atoms with Crippen LogP contribution < -0.4 is 5.73 Å². The number of carbonyl (C=O) groups is 1. The van der Waals surface area contributed by atoms with Crippen LogP contribution in [0.1, 0.15) is 33.1 Å². The molecule has 0 spiro atoms. The van der Waals surface area contributed by atoms with E-state index in [0.29, 0.717) is 37.1 Å². The van der Waals surface area contributed by atoms with Gasteiger partial charge in [0.25, 0.3) is 0 Å². The summed E-state index contributed by atoms with van der Waals surface area (Å²) in [6.45, 7) is 6.71. The first-order chi connectivity index (χ1) is 9.46. The van der Waals surface area contributed by atoms with Crippen molar-refractivity contribution in [1.82, 2.24) is 9.80 Å². The average molecular weight is 303 g/mol. The molecule has 0 saturated heterocycles. The predicted molar refractivity (Wildman–Crippen MR) is 86.9 cm³/mol. The van der Waals surface area contributed by atoms with Crippen molar-refractivity contribution in [3.8, 4) is 0 Å². The van der Waals surface area contributed by atoms with Gasteiger partial charge in [-0.05, 0) is 12.8 Å². The zero-order valence-electron chi connectivity index (χ0n) is 13.2. The summed E-state index contributed by atoms with van der Waals surface area (Å²) in [5.74, 6) is 0.101. The maximum atomic E-state index is 12.2. The van der Waals surface area contributed by atoms with Crippen molar-refractivity contribution in [2.45, 2.75) is 39.2 Å². The molecule has 0 saturated carbocycles. The number of carbonyl (C=O) groups excluding carboxylic acids is 1. The van der Waals surface area contributed by atoms with E-state index in [1.165, 1.54) is 0 Å². The van der Waals surface area contributed by atoms with Crippen LogP contribution in [0.5, 0.6) is 0 Å². The normalized spacial score (nSPS) is 11.1. The number of hydrogen-bond acceptors (Lipinski definition) is 4. The molecule has 6 heteroatoms. The van der Waals surface area contributed by atoms with Crippen LogP contribution in [-0.2, 0) is 9.53 Å². The molecule has 5 nitrogen and oxygen atoms in total. The first-order valence-corrected chi connectivity index (χ1v) is 7.62. The lowest BCUT2D eigenvalue weighted by molar-refractivity contribution is -0.131. The minimum Gasteiger partial charge on any atom is -0.393 e. The van der Waals surface area contributed by atoms with Gasteiger partial charge >= 0.3 is 0 Å². The zero-order chi connectivity index (χ0) is 15.5. The standard InChI is InChI=1S/C14H29N3O2S/c1-5-12(6-2)17(9-10-19-4)11-14(18)16(3)8-7-13(15)20/h12H,5-11H2,1-4H3,(H2,15,20). The summed E-state index contributed by atoms with van der Waals surface area (Å²) in [5, 5.41) is 0. The average Bonchev–Trinajstić information content (AvgIpc) is 2.42. The third-order valence-electron chi connectivity index (χ3n) is 3.50. The second-order valence-electron chi connectivity index (χ2n) is 4.97. The molecule has 20 heavy (non-hydrogen) atoms. The maximum Gasteiger partial charge on any atom is 0.236 e. The van der Waals surface area contributed by atoms with Gasteiger partial charge in [-0.3, -0.25) is 9.69 Å². The summed E-state index contributed by atoms with van der Waals surface area (Å²) in [4.78, 5) is 16.6. The van der Waals surface area contributed by atoms with Gasteiger partial charge in [0.15, 0.2) is 0 Å². The van der Waals surface area contributed by atoms with E-state index in [1.54, 1.807) is 19.1 Å². The molecule has 0 aromatic heterocycles. The molecule has 118 valence electrons. The lowest BCUT2D eigenvalue weighted by atomic mass is 10.1. The Labute approximate surface area is 128 Å². The van der Waals surface area contributed by atoms with Crippen molar-refractivity contribution in [3.63, 3.8) is 0 Å². The molecule has 0 fully saturated rings. The van der Waals surface area contributed by atoms with E-state index < -0.39 is 0 Å². The van der Waals surface area contributed by atoms with E-state index in [9.17, 15) is 4.79 Å². The zero-order valence-corrected chi connectivity index (χ0v) is 14.0. The highest BCUT2D eigenvalue weighted by molar-refractivity contribution is 7.80. The van der Waals surface area contributed by atoms with Crippen molar-refractivity contribution in [1.29, 1.82) is 0 Å². The van der Waals surface area contributed by atoms with Crippen LogP contribution in [0.2, 0.25) is 0 Å². The number of amides is 1. The Balaban J connectivity index is 4.46. The molecule has 0 aliphatic heterocycles. The SMILES string of the molecule is CCC(CC)N(CCOC)CC(=O)N(C)CCC(N)=S. The molecule has 0 unspecified atom stereocenters. The monoisotopic (exact) mass is 303 g/mol. The summed E-state index contributed by atoms with van der Waals surface area (Å²) in [6.07, 6.45) is 2.63. The number of rotatable bonds is 11. The van der Waals surface area contributed by atoms with Crippen LogP contribution in [0, 0.1) is 0 Å². The number of methoxy groups -OCH3 is 1. The second kappa shape index (κ2) is 11.0. The number of ether oxygens (including phenoxy) is 1. The van der Waals surface area contributed by atoms with Crippen LogP contribution in [0.3, 0.4) is 0 Å². The number of likely N-dealkylation sites (N-methyl/N-ethyl adjacent to an activating group) is 1. The Morgan fingerprint density at radius 3 is 2.35 bits per heavy atom. The topological polar surface area (TPSA) is 58.8 Å². The highest BCUT2D eigenvalue weighted by atomic mass is 32.1. The Morgan fingerprint density at radius 1 is 1.30 bits per heavy atom. The van der Waals surface area contributed by atoms with Crippen LogP contribution in [0.4, 0.5) is 0 Å². The quantitative estimate of drug-likeness (QED) is 0.582. The van der Waals surface area contributed by atoms with E-state index in [1.807, 2.05) is 0 Å². The number of nitrogens with zero attached hydrogens (tertiary/aromatic N) is 2. The molecule has 0 aromatic carbocycles. The minimum absolute atomic E-state index is 0.101. The number of thiocarbonyl (C=S) groups is 1. The Hall–Kier alpha value is -0.720. The Kier molecular flexibility index (Phi) is 10.6. The van der Waals surface area contributed by atoms with E-state index in [0.717, 1.165) is 19.4 Å². The number of hydrogen-bond donors (Lipinski definition) is 1. The summed E-state index contributed by atoms with van der Waals surface area (Å²) in [7, 11) is 3.48. The van der Waals surface area contributed by atoms with Crippen LogP contribution in [-0.4, -0.2) is 67.1 Å². The van der Waals surface area contributed by atoms with Gasteiger partial charge in [-0.25, -0.2) is 0 Å². The van der Waals surface area contributed by atoms with Crippen molar-refractivity contribution >= 4 is 23.1 Å². The molecule has 0 radical (unpaired) electrons. The smallest absolute Gasteiger partial charge is 0.236 e. The van der Waals surface area contributed by atoms with Crippen LogP contribution in [0.25, 0.3) is 0 Å². The summed E-state index contributed by atoms with van der Waals surface area (Å²) in [6, 6.07) is 0.415. The highest BCUT2D eigenvalue weighted by Crippen LogP contribution is 2.09. The molecule has 0 aliphatic carbocycles. The van der Waals surface area contributed by atoms with Gasteiger partial charge in [-0.1, -0.05) is 26.1 Å². The molecule has 0 aliphatic rings. The molecule has 2 N–H and O–H groups in total. The van der Waals surface area contributed by atoms with Gasteiger partial charge in [0, 0.05) is 39.7 Å². The van der Waals surface area contributed by atoms with Gasteiger partial charge < -0.3 is 15.4 Å². The summed E-state index contributed by atoms with van der Waals surface area (Å²) < 4.78 is 5.13. The van der Waals surface area contributed by atoms with E-state index >= 15 is 0 Å². The molecule has 0 heterocycles. The van der Waals surface area contributed by atoms with Crippen molar-refractivity contribution < 1.29 is 9.53 Å². The van der Waals surface area contributed by atoms with Gasteiger partial charge in [0.2, 0.25) is 5.91 Å². The fraction of sp³-hybridized carbons (Fsp3) is 0.857. The summed E-state index contributed by atoms with van der Waals surface area (Å²) in [5.41, 5.74) is 5.47. The van der Waals surface area contributed by atoms with Gasteiger partial charge in [-0.2, -0.15) is 0 Å². The largest absolute Gasteiger partial charge is 0.393 e. The first kappa shape index (κ1) is 19.3. The second-order valence-corrected chi connectivity index (χ2v) is 5.49. The van der Waals surface area contributed by atoms with Gasteiger partial charge in [-0.15, -0.1) is 0 Å². The maximum absolute atomic E-state index is 12.2. The molecular formula is C14H29N3O2S. The Bertz CT molecular complexity index is 296. The molecule has 0 atom stereocenters. The van der Waals surface area contributed by atoms with Gasteiger partial charge in [0.1, 0.15) is 0 Å². The first-order valence-electron chi connectivity index (χ1n) is 7.21. The van der Waals surface area contributed by atoms with Crippen molar-refractivity contribution in [2.24, 2.45) is 5.73 Å². The van der Waals surface area contributed by atoms with Crippen molar-refractivity contribution in [3.05, 3.63) is 0 Å². The fourth-order valence-electron chi connectivity index (χ4n) is 2.10. The minimum atomic E-state index is 0.101. The Morgan fingerprint density at radius 2 is 1.90 bits per heavy atom. The van der Waals surface area contributed by atoms with Crippen LogP contribution >= 0.6 is 12.2 Å². The fourth-order valence-corrected chi connectivity index (χ4v) is 2.19. The van der Waals surface area contributed by atoms with E-state index in [4.69, 9.17) is 22.7 Å². The lowest BCUT2D eigenvalue weighted by Gasteiger charge is -2.31.